The quantitative estimate of drug-likeness (QED) is 0.670. The SMILES string of the molecule is Cn1nc(N)cc1-c1cc2c(O)cccc2o1. The predicted molar refractivity (Wildman–Crippen MR) is 64.5 cm³/mol. The van der Waals surface area contributed by atoms with E-state index >= 15 is 0 Å². The highest BCUT2D eigenvalue weighted by molar-refractivity contribution is 5.87. The molecule has 0 fully saturated rings. The Hall–Kier alpha value is -2.43. The summed E-state index contributed by atoms with van der Waals surface area (Å²) in [7, 11) is 1.79. The van der Waals surface area contributed by atoms with Crippen LogP contribution in [0.4, 0.5) is 5.82 Å². The molecule has 0 aliphatic heterocycles. The second kappa shape index (κ2) is 3.28. The number of furan rings is 1. The van der Waals surface area contributed by atoms with E-state index in [0.29, 0.717) is 22.5 Å². The third kappa shape index (κ3) is 1.44. The van der Waals surface area contributed by atoms with E-state index in [1.165, 1.54) is 0 Å². The Kier molecular flexibility index (Phi) is 1.89. The number of aryl methyl sites for hydroxylation is 1. The van der Waals surface area contributed by atoms with Crippen molar-refractivity contribution in [1.82, 2.24) is 9.78 Å². The van der Waals surface area contributed by atoms with Gasteiger partial charge in [-0.15, -0.1) is 0 Å². The molecule has 5 heteroatoms. The van der Waals surface area contributed by atoms with E-state index in [4.69, 9.17) is 10.2 Å². The van der Waals surface area contributed by atoms with Crippen LogP contribution in [0.2, 0.25) is 0 Å². The van der Waals surface area contributed by atoms with Crippen molar-refractivity contribution in [3.8, 4) is 17.2 Å². The van der Waals surface area contributed by atoms with Crippen LogP contribution in [0.15, 0.2) is 34.7 Å². The first-order valence-electron chi connectivity index (χ1n) is 5.16. The fourth-order valence-corrected chi connectivity index (χ4v) is 1.89. The number of hydrogen-bond acceptors (Lipinski definition) is 4. The lowest BCUT2D eigenvalue weighted by atomic mass is 10.2. The summed E-state index contributed by atoms with van der Waals surface area (Å²) in [6.07, 6.45) is 0. The molecule has 0 radical (unpaired) electrons. The molecule has 5 nitrogen and oxygen atoms in total. The third-order valence-corrected chi connectivity index (χ3v) is 2.69. The van der Waals surface area contributed by atoms with Gasteiger partial charge >= 0.3 is 0 Å². The highest BCUT2D eigenvalue weighted by atomic mass is 16.3. The number of aromatic hydroxyl groups is 1. The van der Waals surface area contributed by atoms with Gasteiger partial charge in [0.25, 0.3) is 0 Å². The molecule has 86 valence electrons. The van der Waals surface area contributed by atoms with Gasteiger partial charge in [0, 0.05) is 13.1 Å². The molecule has 3 N–H and O–H groups in total. The maximum absolute atomic E-state index is 9.70. The second-order valence-corrected chi connectivity index (χ2v) is 3.88. The second-order valence-electron chi connectivity index (χ2n) is 3.88. The summed E-state index contributed by atoms with van der Waals surface area (Å²) in [6.45, 7) is 0. The Labute approximate surface area is 97.1 Å². The van der Waals surface area contributed by atoms with Crippen molar-refractivity contribution in [3.05, 3.63) is 30.3 Å². The van der Waals surface area contributed by atoms with Crippen LogP contribution in [-0.2, 0) is 7.05 Å². The first-order valence-corrected chi connectivity index (χ1v) is 5.16. The number of phenols is 1. The molecule has 3 rings (SSSR count). The number of hydrogen-bond donors (Lipinski definition) is 2. The monoisotopic (exact) mass is 229 g/mol. The fourth-order valence-electron chi connectivity index (χ4n) is 1.89. The number of fused-ring (bicyclic) bond motifs is 1. The number of rotatable bonds is 1. The minimum Gasteiger partial charge on any atom is -0.507 e. The van der Waals surface area contributed by atoms with Crippen molar-refractivity contribution < 1.29 is 9.52 Å². The average molecular weight is 229 g/mol. The Morgan fingerprint density at radius 1 is 1.35 bits per heavy atom. The Bertz CT molecular complexity index is 697. The van der Waals surface area contributed by atoms with E-state index < -0.39 is 0 Å². The summed E-state index contributed by atoms with van der Waals surface area (Å²) in [5.41, 5.74) is 7.03. The number of nitrogen functional groups attached to an aromatic ring is 1. The number of nitrogens with two attached hydrogens (primary N) is 1. The van der Waals surface area contributed by atoms with Crippen LogP contribution in [0.3, 0.4) is 0 Å². The number of nitrogens with zero attached hydrogens (tertiary/aromatic N) is 2. The zero-order chi connectivity index (χ0) is 12.0. The van der Waals surface area contributed by atoms with Crippen LogP contribution in [0.5, 0.6) is 5.75 Å². The molecule has 0 saturated heterocycles. The summed E-state index contributed by atoms with van der Waals surface area (Å²) >= 11 is 0. The first kappa shape index (κ1) is 9.77. The van der Waals surface area contributed by atoms with Gasteiger partial charge in [-0.1, -0.05) is 6.07 Å². The molecular formula is C12H11N3O2. The zero-order valence-electron chi connectivity index (χ0n) is 9.21. The molecule has 0 aliphatic rings. The number of anilines is 1. The highest BCUT2D eigenvalue weighted by Gasteiger charge is 2.12. The minimum absolute atomic E-state index is 0.202. The van der Waals surface area contributed by atoms with E-state index in [1.54, 1.807) is 42.1 Å². The molecule has 0 atom stereocenters. The third-order valence-electron chi connectivity index (χ3n) is 2.69. The number of benzene rings is 1. The Morgan fingerprint density at radius 3 is 2.82 bits per heavy atom. The van der Waals surface area contributed by atoms with Crippen molar-refractivity contribution in [2.24, 2.45) is 7.05 Å². The molecule has 17 heavy (non-hydrogen) atoms. The lowest BCUT2D eigenvalue weighted by molar-refractivity contribution is 0.481. The van der Waals surface area contributed by atoms with E-state index in [9.17, 15) is 5.11 Å². The summed E-state index contributed by atoms with van der Waals surface area (Å²) in [5, 5.41) is 14.4. The van der Waals surface area contributed by atoms with Gasteiger partial charge < -0.3 is 15.3 Å². The molecule has 1 aromatic carbocycles. The lowest BCUT2D eigenvalue weighted by Gasteiger charge is -1.94. The van der Waals surface area contributed by atoms with Gasteiger partial charge in [-0.3, -0.25) is 4.68 Å². The molecule has 0 bridgehead atoms. The van der Waals surface area contributed by atoms with Gasteiger partial charge in [-0.2, -0.15) is 5.10 Å². The minimum atomic E-state index is 0.202. The standard InChI is InChI=1S/C12H11N3O2/c1-15-8(6-12(13)14-15)11-5-7-9(16)3-2-4-10(7)17-11/h2-6,16H,1H3,(H2,13,14). The van der Waals surface area contributed by atoms with Crippen molar-refractivity contribution >= 4 is 16.8 Å². The molecule has 3 aromatic rings. The molecule has 0 unspecified atom stereocenters. The van der Waals surface area contributed by atoms with Gasteiger partial charge in [0.05, 0.1) is 5.39 Å². The topological polar surface area (TPSA) is 77.2 Å². The molecule has 0 amide bonds. The summed E-state index contributed by atoms with van der Waals surface area (Å²) in [5.74, 6) is 1.27. The van der Waals surface area contributed by atoms with Crippen molar-refractivity contribution in [1.29, 1.82) is 0 Å². The van der Waals surface area contributed by atoms with Gasteiger partial charge in [0.15, 0.2) is 5.76 Å². The first-order chi connectivity index (χ1) is 8.15. The number of phenolic OH excluding ortho intramolecular Hbond substituents is 1. The lowest BCUT2D eigenvalue weighted by Crippen LogP contribution is -1.93. The summed E-state index contributed by atoms with van der Waals surface area (Å²) in [4.78, 5) is 0. The van der Waals surface area contributed by atoms with Crippen LogP contribution in [0.25, 0.3) is 22.4 Å². The average Bonchev–Trinajstić information content (AvgIpc) is 2.82. The van der Waals surface area contributed by atoms with E-state index in [-0.39, 0.29) is 5.75 Å². The smallest absolute Gasteiger partial charge is 0.153 e. The molecule has 0 saturated carbocycles. The van der Waals surface area contributed by atoms with Crippen LogP contribution >= 0.6 is 0 Å². The Morgan fingerprint density at radius 2 is 2.18 bits per heavy atom. The normalized spacial score (nSPS) is 11.1. The zero-order valence-corrected chi connectivity index (χ0v) is 9.21. The van der Waals surface area contributed by atoms with Crippen LogP contribution in [0, 0.1) is 0 Å². The van der Waals surface area contributed by atoms with E-state index in [0.717, 1.165) is 5.69 Å². The number of aromatic nitrogens is 2. The van der Waals surface area contributed by atoms with Crippen LogP contribution in [0.1, 0.15) is 0 Å². The molecular weight excluding hydrogens is 218 g/mol. The summed E-state index contributed by atoms with van der Waals surface area (Å²) < 4.78 is 7.30. The van der Waals surface area contributed by atoms with Crippen molar-refractivity contribution in [3.63, 3.8) is 0 Å². The van der Waals surface area contributed by atoms with Gasteiger partial charge in [0.1, 0.15) is 22.8 Å². The Balaban J connectivity index is 2.25. The van der Waals surface area contributed by atoms with Gasteiger partial charge in [-0.05, 0) is 18.2 Å². The molecule has 2 aromatic heterocycles. The van der Waals surface area contributed by atoms with Gasteiger partial charge in [0.2, 0.25) is 0 Å². The van der Waals surface area contributed by atoms with Crippen molar-refractivity contribution in [2.45, 2.75) is 0 Å². The predicted octanol–water partition coefficient (Wildman–Crippen LogP) is 2.12. The molecule has 2 heterocycles. The van der Waals surface area contributed by atoms with Gasteiger partial charge in [-0.25, -0.2) is 0 Å². The maximum Gasteiger partial charge on any atom is 0.153 e. The fraction of sp³-hybridized carbons (Fsp3) is 0.0833. The maximum atomic E-state index is 9.70. The van der Waals surface area contributed by atoms with E-state index in [2.05, 4.69) is 5.10 Å². The molecule has 0 spiro atoms. The van der Waals surface area contributed by atoms with Crippen LogP contribution < -0.4 is 5.73 Å². The van der Waals surface area contributed by atoms with Crippen LogP contribution in [-0.4, -0.2) is 14.9 Å². The highest BCUT2D eigenvalue weighted by Crippen LogP contribution is 2.32. The van der Waals surface area contributed by atoms with E-state index in [1.807, 2.05) is 0 Å². The summed E-state index contributed by atoms with van der Waals surface area (Å²) in [6, 6.07) is 8.68. The van der Waals surface area contributed by atoms with Crippen molar-refractivity contribution in [2.75, 3.05) is 5.73 Å². The largest absolute Gasteiger partial charge is 0.507 e. The molecule has 0 aliphatic carbocycles.